The third-order valence-electron chi connectivity index (χ3n) is 6.47. The molecule has 4 amide bonds. The first kappa shape index (κ1) is 32.0. The van der Waals surface area contributed by atoms with E-state index in [1.54, 1.807) is 31.2 Å². The molecule has 11 nitrogen and oxygen atoms in total. The second-order valence-electron chi connectivity index (χ2n) is 10.7. The van der Waals surface area contributed by atoms with Crippen molar-refractivity contribution in [2.45, 2.75) is 83.5 Å². The molecule has 1 heterocycles. The first-order valence-corrected chi connectivity index (χ1v) is 13.6. The van der Waals surface area contributed by atoms with Gasteiger partial charge in [0, 0.05) is 26.7 Å². The maximum absolute atomic E-state index is 13.5. The van der Waals surface area contributed by atoms with E-state index >= 15 is 0 Å². The largest absolute Gasteiger partial charge is 0.444 e. The second kappa shape index (κ2) is 16.0. The second-order valence-corrected chi connectivity index (χ2v) is 10.7. The number of nitrogens with zero attached hydrogens (tertiary/aromatic N) is 1. The van der Waals surface area contributed by atoms with Crippen LogP contribution >= 0.6 is 0 Å². The van der Waals surface area contributed by atoms with E-state index in [1.807, 2.05) is 30.3 Å². The number of hydrogen-bond donors (Lipinski definition) is 4. The molecule has 0 unspecified atom stereocenters. The molecule has 0 bridgehead atoms. The molecule has 1 aromatic carbocycles. The molecule has 1 aliphatic heterocycles. The van der Waals surface area contributed by atoms with Crippen molar-refractivity contribution >= 4 is 23.8 Å². The summed E-state index contributed by atoms with van der Waals surface area (Å²) < 4.78 is 11.4. The molecule has 1 aromatic rings. The fraction of sp³-hybridized carbons (Fsp3) is 0.643. The molecule has 4 N–H and O–H groups in total. The molecule has 218 valence electrons. The van der Waals surface area contributed by atoms with Gasteiger partial charge in [0.1, 0.15) is 17.7 Å². The first-order chi connectivity index (χ1) is 18.6. The van der Waals surface area contributed by atoms with Crippen LogP contribution in [0.3, 0.4) is 0 Å². The van der Waals surface area contributed by atoms with Gasteiger partial charge in [-0.3, -0.25) is 19.6 Å². The summed E-state index contributed by atoms with van der Waals surface area (Å²) in [6.45, 7) is 6.29. The fourth-order valence-electron chi connectivity index (χ4n) is 4.47. The summed E-state index contributed by atoms with van der Waals surface area (Å²) in [5.74, 6) is -2.64. The van der Waals surface area contributed by atoms with Crippen molar-refractivity contribution < 1.29 is 33.9 Å². The molecule has 0 aliphatic carbocycles. The van der Waals surface area contributed by atoms with Crippen molar-refractivity contribution in [3.63, 3.8) is 0 Å². The number of ether oxygens (including phenoxy) is 2. The summed E-state index contributed by atoms with van der Waals surface area (Å²) in [6, 6.07) is 8.91. The predicted octanol–water partition coefficient (Wildman–Crippen LogP) is 2.56. The SMILES string of the molecule is CNC(=O)[C@@H]1CCCN(C(=O)OC(C)(C)C)CCCCO[C@H](C(=O)NO)[C@@H](CCCc2ccccc2)C(=O)N1. The van der Waals surface area contributed by atoms with Crippen LogP contribution in [-0.4, -0.2) is 78.4 Å². The van der Waals surface area contributed by atoms with Crippen LogP contribution in [0.25, 0.3) is 0 Å². The van der Waals surface area contributed by atoms with E-state index in [-0.39, 0.29) is 18.9 Å². The Morgan fingerprint density at radius 3 is 2.44 bits per heavy atom. The van der Waals surface area contributed by atoms with E-state index in [4.69, 9.17) is 9.47 Å². The van der Waals surface area contributed by atoms with Crippen molar-refractivity contribution in [1.29, 1.82) is 0 Å². The number of hydroxylamine groups is 1. The van der Waals surface area contributed by atoms with Crippen molar-refractivity contribution in [2.24, 2.45) is 5.92 Å². The van der Waals surface area contributed by atoms with Crippen LogP contribution in [0, 0.1) is 5.92 Å². The Morgan fingerprint density at radius 2 is 1.79 bits per heavy atom. The molecule has 1 saturated heterocycles. The van der Waals surface area contributed by atoms with E-state index in [0.29, 0.717) is 51.6 Å². The van der Waals surface area contributed by atoms with Crippen LogP contribution in [0.15, 0.2) is 30.3 Å². The Labute approximate surface area is 230 Å². The number of nitrogens with one attached hydrogen (secondary N) is 3. The zero-order chi connectivity index (χ0) is 28.8. The van der Waals surface area contributed by atoms with E-state index in [1.165, 1.54) is 7.05 Å². The molecule has 1 aliphatic rings. The minimum Gasteiger partial charge on any atom is -0.444 e. The monoisotopic (exact) mass is 548 g/mol. The zero-order valence-electron chi connectivity index (χ0n) is 23.5. The highest BCUT2D eigenvalue weighted by Crippen LogP contribution is 2.20. The molecule has 11 heteroatoms. The molecule has 39 heavy (non-hydrogen) atoms. The number of carbonyl (C=O) groups is 4. The summed E-state index contributed by atoms with van der Waals surface area (Å²) in [5.41, 5.74) is 2.07. The van der Waals surface area contributed by atoms with Crippen molar-refractivity contribution in [1.82, 2.24) is 21.0 Å². The maximum Gasteiger partial charge on any atom is 0.410 e. The molecule has 1 fully saturated rings. The molecule has 2 rings (SSSR count). The minimum absolute atomic E-state index is 0.140. The highest BCUT2D eigenvalue weighted by molar-refractivity contribution is 5.92. The van der Waals surface area contributed by atoms with Gasteiger partial charge in [0.05, 0.1) is 5.92 Å². The van der Waals surface area contributed by atoms with Crippen molar-refractivity contribution in [3.05, 3.63) is 35.9 Å². The van der Waals surface area contributed by atoms with Gasteiger partial charge in [-0.1, -0.05) is 30.3 Å². The van der Waals surface area contributed by atoms with Gasteiger partial charge < -0.3 is 25.0 Å². The van der Waals surface area contributed by atoms with Gasteiger partial charge in [0.15, 0.2) is 0 Å². The van der Waals surface area contributed by atoms with E-state index in [0.717, 1.165) is 5.56 Å². The van der Waals surface area contributed by atoms with Gasteiger partial charge >= 0.3 is 6.09 Å². The van der Waals surface area contributed by atoms with Crippen molar-refractivity contribution in [3.8, 4) is 0 Å². The van der Waals surface area contributed by atoms with Crippen LogP contribution < -0.4 is 16.1 Å². The van der Waals surface area contributed by atoms with Crippen LogP contribution in [0.1, 0.15) is 64.9 Å². The molecular weight excluding hydrogens is 504 g/mol. The summed E-state index contributed by atoms with van der Waals surface area (Å²) >= 11 is 0. The number of likely N-dealkylation sites (N-methyl/N-ethyl adjacent to an activating group) is 1. The molecular formula is C28H44N4O7. The number of benzene rings is 1. The summed E-state index contributed by atoms with van der Waals surface area (Å²) in [7, 11) is 1.48. The van der Waals surface area contributed by atoms with E-state index in [2.05, 4.69) is 10.6 Å². The van der Waals surface area contributed by atoms with Crippen LogP contribution in [-0.2, 0) is 30.3 Å². The predicted molar refractivity (Wildman–Crippen MR) is 145 cm³/mol. The number of amides is 4. The van der Waals surface area contributed by atoms with Gasteiger partial charge in [-0.05, 0) is 71.3 Å². The quantitative estimate of drug-likeness (QED) is 0.316. The number of rotatable bonds is 6. The molecule has 3 atom stereocenters. The summed E-state index contributed by atoms with van der Waals surface area (Å²) in [6.07, 6.45) is 1.73. The normalized spacial score (nSPS) is 21.7. The highest BCUT2D eigenvalue weighted by atomic mass is 16.6. The Bertz CT molecular complexity index is 936. The lowest BCUT2D eigenvalue weighted by molar-refractivity contribution is -0.151. The third kappa shape index (κ3) is 11.2. The average molecular weight is 549 g/mol. The molecule has 0 aromatic heterocycles. The Hall–Kier alpha value is -3.18. The molecule has 0 spiro atoms. The van der Waals surface area contributed by atoms with Gasteiger partial charge in [0.25, 0.3) is 5.91 Å². The van der Waals surface area contributed by atoms with Crippen LogP contribution in [0.5, 0.6) is 0 Å². The molecule has 0 radical (unpaired) electrons. The lowest BCUT2D eigenvalue weighted by atomic mass is 9.92. The Morgan fingerprint density at radius 1 is 1.10 bits per heavy atom. The Kier molecular flexibility index (Phi) is 13.2. The smallest absolute Gasteiger partial charge is 0.410 e. The van der Waals surface area contributed by atoms with Gasteiger partial charge in [-0.2, -0.15) is 0 Å². The van der Waals surface area contributed by atoms with E-state index < -0.39 is 41.6 Å². The minimum atomic E-state index is -1.25. The first-order valence-electron chi connectivity index (χ1n) is 13.6. The standard InChI is InChI=1S/C28H44N4O7/c1-28(2,3)39-27(36)32-17-8-9-19-38-23(26(35)31-37)21(15-10-14-20-12-6-5-7-13-20)24(33)30-22(16-11-18-32)25(34)29-4/h5-7,12-13,21-23,37H,8-11,14-19H2,1-4H3,(H,29,34)(H,30,33)(H,31,35)/t21-,22+,23+/m1/s1. The van der Waals surface area contributed by atoms with Crippen molar-refractivity contribution in [2.75, 3.05) is 26.7 Å². The molecule has 0 saturated carbocycles. The lowest BCUT2D eigenvalue weighted by Crippen LogP contribution is -2.52. The maximum atomic E-state index is 13.5. The zero-order valence-corrected chi connectivity index (χ0v) is 23.5. The van der Waals surface area contributed by atoms with Crippen LogP contribution in [0.2, 0.25) is 0 Å². The third-order valence-corrected chi connectivity index (χ3v) is 6.47. The number of aryl methyl sites for hydroxylation is 1. The van der Waals surface area contributed by atoms with E-state index in [9.17, 15) is 24.4 Å². The topological polar surface area (TPSA) is 146 Å². The number of hydrogen-bond acceptors (Lipinski definition) is 7. The summed E-state index contributed by atoms with van der Waals surface area (Å²) in [4.78, 5) is 53.1. The van der Waals surface area contributed by atoms with Gasteiger partial charge in [0.2, 0.25) is 11.8 Å². The summed E-state index contributed by atoms with van der Waals surface area (Å²) in [5, 5.41) is 14.8. The Balaban J connectivity index is 2.24. The van der Waals surface area contributed by atoms with Gasteiger partial charge in [-0.25, -0.2) is 10.3 Å². The van der Waals surface area contributed by atoms with Crippen LogP contribution in [0.4, 0.5) is 4.79 Å². The fourth-order valence-corrected chi connectivity index (χ4v) is 4.47. The lowest BCUT2D eigenvalue weighted by Gasteiger charge is -2.30. The highest BCUT2D eigenvalue weighted by Gasteiger charge is 2.36. The average Bonchev–Trinajstić information content (AvgIpc) is 2.90. The number of carbonyl (C=O) groups excluding carboxylic acids is 4. The van der Waals surface area contributed by atoms with Gasteiger partial charge in [-0.15, -0.1) is 0 Å².